The topological polar surface area (TPSA) is 9.23 Å². The van der Waals surface area contributed by atoms with Crippen LogP contribution in [-0.2, 0) is 11.2 Å². The molecule has 2 atom stereocenters. The smallest absolute Gasteiger partial charge is 0.0502 e. The fourth-order valence-corrected chi connectivity index (χ4v) is 3.33. The molecule has 0 radical (unpaired) electrons. The van der Waals surface area contributed by atoms with Crippen molar-refractivity contribution in [1.29, 1.82) is 0 Å². The second-order valence-corrected chi connectivity index (χ2v) is 6.18. The van der Waals surface area contributed by atoms with Crippen molar-refractivity contribution >= 4 is 15.9 Å². The summed E-state index contributed by atoms with van der Waals surface area (Å²) < 4.78 is 5.11. The van der Waals surface area contributed by atoms with E-state index in [1.807, 2.05) is 0 Å². The highest BCUT2D eigenvalue weighted by Gasteiger charge is 2.18. The second kappa shape index (κ2) is 9.55. The van der Waals surface area contributed by atoms with Crippen molar-refractivity contribution < 1.29 is 4.74 Å². The van der Waals surface area contributed by atoms with E-state index < -0.39 is 0 Å². The van der Waals surface area contributed by atoms with Crippen molar-refractivity contribution in [3.63, 3.8) is 0 Å². The van der Waals surface area contributed by atoms with Gasteiger partial charge in [0.05, 0.1) is 6.61 Å². The van der Waals surface area contributed by atoms with Crippen LogP contribution < -0.4 is 0 Å². The molecule has 1 nitrogen and oxygen atoms in total. The number of benzene rings is 1. The number of methoxy groups -OCH3 is 1. The van der Waals surface area contributed by atoms with Crippen LogP contribution in [0.5, 0.6) is 0 Å². The standard InChI is InChI=1S/C17H27BrO/c1-4-6-7-15(5-2)17(18)16-10-8-14(9-11-16)12-13-19-3/h8-11,15,17H,4-7,12-13H2,1-3H3. The van der Waals surface area contributed by atoms with E-state index in [2.05, 4.69) is 54.0 Å². The molecule has 0 heterocycles. The summed E-state index contributed by atoms with van der Waals surface area (Å²) in [7, 11) is 1.75. The summed E-state index contributed by atoms with van der Waals surface area (Å²) in [6.07, 6.45) is 6.16. The highest BCUT2D eigenvalue weighted by molar-refractivity contribution is 9.09. The van der Waals surface area contributed by atoms with Gasteiger partial charge in [0, 0.05) is 11.9 Å². The summed E-state index contributed by atoms with van der Waals surface area (Å²) in [4.78, 5) is 0.487. The lowest BCUT2D eigenvalue weighted by Gasteiger charge is -2.21. The number of hydrogen-bond acceptors (Lipinski definition) is 1. The van der Waals surface area contributed by atoms with Gasteiger partial charge in [0.15, 0.2) is 0 Å². The minimum absolute atomic E-state index is 0.487. The van der Waals surface area contributed by atoms with Gasteiger partial charge in [0.1, 0.15) is 0 Å². The number of halogens is 1. The third kappa shape index (κ3) is 5.66. The minimum atomic E-state index is 0.487. The first-order chi connectivity index (χ1) is 9.22. The molecule has 1 aromatic rings. The predicted octanol–water partition coefficient (Wildman–Crippen LogP) is 5.53. The first-order valence-corrected chi connectivity index (χ1v) is 8.36. The Morgan fingerprint density at radius 2 is 1.84 bits per heavy atom. The van der Waals surface area contributed by atoms with Gasteiger partial charge in [-0.05, 0) is 29.9 Å². The summed E-state index contributed by atoms with van der Waals surface area (Å²) in [5, 5.41) is 0. The molecule has 0 spiro atoms. The van der Waals surface area contributed by atoms with Gasteiger partial charge >= 0.3 is 0 Å². The molecule has 0 aliphatic heterocycles. The van der Waals surface area contributed by atoms with Crippen LogP contribution in [0.15, 0.2) is 24.3 Å². The summed E-state index contributed by atoms with van der Waals surface area (Å²) in [5.41, 5.74) is 2.76. The average Bonchev–Trinajstić information content (AvgIpc) is 2.46. The maximum atomic E-state index is 5.11. The second-order valence-electron chi connectivity index (χ2n) is 5.20. The van der Waals surface area contributed by atoms with Gasteiger partial charge in [-0.25, -0.2) is 0 Å². The molecule has 0 N–H and O–H groups in total. The summed E-state index contributed by atoms with van der Waals surface area (Å²) in [5.74, 6) is 0.741. The van der Waals surface area contributed by atoms with Crippen molar-refractivity contribution in [3.05, 3.63) is 35.4 Å². The molecule has 2 heteroatoms. The Bertz CT molecular complexity index is 334. The lowest BCUT2D eigenvalue weighted by atomic mass is 9.91. The molecule has 1 rings (SSSR count). The van der Waals surface area contributed by atoms with Crippen LogP contribution in [0, 0.1) is 5.92 Å². The third-order valence-corrected chi connectivity index (χ3v) is 5.04. The maximum Gasteiger partial charge on any atom is 0.0502 e. The van der Waals surface area contributed by atoms with Crippen LogP contribution in [0.3, 0.4) is 0 Å². The van der Waals surface area contributed by atoms with E-state index in [4.69, 9.17) is 4.74 Å². The fraction of sp³-hybridized carbons (Fsp3) is 0.647. The molecule has 0 aliphatic rings. The van der Waals surface area contributed by atoms with Crippen LogP contribution in [0.25, 0.3) is 0 Å². The van der Waals surface area contributed by atoms with E-state index in [1.165, 1.54) is 36.8 Å². The molecule has 0 aliphatic carbocycles. The van der Waals surface area contributed by atoms with E-state index in [9.17, 15) is 0 Å². The van der Waals surface area contributed by atoms with Gasteiger partial charge in [0.2, 0.25) is 0 Å². The molecule has 108 valence electrons. The fourth-order valence-electron chi connectivity index (χ4n) is 2.38. The zero-order chi connectivity index (χ0) is 14.1. The van der Waals surface area contributed by atoms with Crippen LogP contribution in [0.1, 0.15) is 55.5 Å². The highest BCUT2D eigenvalue weighted by atomic mass is 79.9. The van der Waals surface area contributed by atoms with Gasteiger partial charge in [-0.15, -0.1) is 0 Å². The van der Waals surface area contributed by atoms with E-state index in [0.29, 0.717) is 4.83 Å². The van der Waals surface area contributed by atoms with Crippen molar-refractivity contribution in [2.24, 2.45) is 5.92 Å². The Balaban J connectivity index is 2.62. The third-order valence-electron chi connectivity index (χ3n) is 3.76. The Kier molecular flexibility index (Phi) is 8.40. The maximum absolute atomic E-state index is 5.11. The molecule has 0 amide bonds. The summed E-state index contributed by atoms with van der Waals surface area (Å²) in [6.45, 7) is 5.35. The summed E-state index contributed by atoms with van der Waals surface area (Å²) >= 11 is 3.90. The first-order valence-electron chi connectivity index (χ1n) is 7.44. The molecular formula is C17H27BrO. The van der Waals surface area contributed by atoms with Crippen LogP contribution in [-0.4, -0.2) is 13.7 Å². The van der Waals surface area contributed by atoms with Gasteiger partial charge < -0.3 is 4.74 Å². The molecule has 2 unspecified atom stereocenters. The molecule has 19 heavy (non-hydrogen) atoms. The average molecular weight is 327 g/mol. The van der Waals surface area contributed by atoms with Crippen LogP contribution in [0.2, 0.25) is 0 Å². The molecule has 1 aromatic carbocycles. The van der Waals surface area contributed by atoms with Crippen molar-refractivity contribution in [1.82, 2.24) is 0 Å². The zero-order valence-electron chi connectivity index (χ0n) is 12.5. The van der Waals surface area contributed by atoms with Gasteiger partial charge in [0.25, 0.3) is 0 Å². The van der Waals surface area contributed by atoms with Crippen molar-refractivity contribution in [2.45, 2.75) is 50.8 Å². The SMILES string of the molecule is CCCCC(CC)C(Br)c1ccc(CCOC)cc1. The Morgan fingerprint density at radius 1 is 1.16 bits per heavy atom. The molecule has 0 aromatic heterocycles. The number of ether oxygens (including phenoxy) is 1. The van der Waals surface area contributed by atoms with Crippen molar-refractivity contribution in [2.75, 3.05) is 13.7 Å². The molecular weight excluding hydrogens is 300 g/mol. The normalized spacial score (nSPS) is 14.3. The zero-order valence-corrected chi connectivity index (χ0v) is 14.1. The van der Waals surface area contributed by atoms with Crippen LogP contribution in [0.4, 0.5) is 0 Å². The van der Waals surface area contributed by atoms with E-state index in [0.717, 1.165) is 18.9 Å². The lowest BCUT2D eigenvalue weighted by Crippen LogP contribution is -2.07. The monoisotopic (exact) mass is 326 g/mol. The van der Waals surface area contributed by atoms with E-state index in [-0.39, 0.29) is 0 Å². The Labute approximate surface area is 126 Å². The molecule has 0 saturated carbocycles. The largest absolute Gasteiger partial charge is 0.384 e. The van der Waals surface area contributed by atoms with Crippen molar-refractivity contribution in [3.8, 4) is 0 Å². The molecule has 0 saturated heterocycles. The quantitative estimate of drug-likeness (QED) is 0.542. The predicted molar refractivity (Wildman–Crippen MR) is 87.0 cm³/mol. The summed E-state index contributed by atoms with van der Waals surface area (Å²) in [6, 6.07) is 8.99. The Morgan fingerprint density at radius 3 is 2.37 bits per heavy atom. The van der Waals surface area contributed by atoms with Crippen LogP contribution >= 0.6 is 15.9 Å². The van der Waals surface area contributed by atoms with Gasteiger partial charge in [-0.2, -0.15) is 0 Å². The molecule has 0 fully saturated rings. The van der Waals surface area contributed by atoms with E-state index >= 15 is 0 Å². The number of unbranched alkanes of at least 4 members (excludes halogenated alkanes) is 1. The number of rotatable bonds is 9. The number of hydrogen-bond donors (Lipinski definition) is 0. The Hall–Kier alpha value is -0.340. The van der Waals surface area contributed by atoms with Gasteiger partial charge in [-0.1, -0.05) is 73.3 Å². The van der Waals surface area contributed by atoms with Gasteiger partial charge in [-0.3, -0.25) is 0 Å². The minimum Gasteiger partial charge on any atom is -0.384 e. The first kappa shape index (κ1) is 16.7. The number of alkyl halides is 1. The van der Waals surface area contributed by atoms with E-state index in [1.54, 1.807) is 7.11 Å². The highest BCUT2D eigenvalue weighted by Crippen LogP contribution is 2.36. The molecule has 0 bridgehead atoms. The lowest BCUT2D eigenvalue weighted by molar-refractivity contribution is 0.202.